The van der Waals surface area contributed by atoms with E-state index in [1.165, 1.54) is 0 Å². The minimum absolute atomic E-state index is 0.0166. The van der Waals surface area contributed by atoms with Gasteiger partial charge in [0.1, 0.15) is 84.6 Å². The topological polar surface area (TPSA) is 613 Å². The maximum atomic E-state index is 13.8. The fraction of sp³-hybridized carbons (Fsp3) is 0.875. The number of unbranched alkanes of at least 4 members (excludes halogenated alkanes) is 4. The number of carbonyl (C=O) groups excluding carboxylic acids is 8. The third-order valence-corrected chi connectivity index (χ3v) is 17.2. The maximum absolute atomic E-state index is 13.8. The van der Waals surface area contributed by atoms with Gasteiger partial charge in [0.15, 0.2) is 18.9 Å². The fourth-order valence-electron chi connectivity index (χ4n) is 10.7. The molecule has 15 atom stereocenters. The Morgan fingerprint density at radius 1 is 0.324 bits per heavy atom. The van der Waals surface area contributed by atoms with Crippen LogP contribution in [0.3, 0.4) is 0 Å². The van der Waals surface area contributed by atoms with Crippen LogP contribution in [-0.2, 0) is 90.1 Å². The summed E-state index contributed by atoms with van der Waals surface area (Å²) in [6.07, 6.45) is -17.5. The van der Waals surface area contributed by atoms with Gasteiger partial charge in [0, 0.05) is 97.1 Å². The van der Waals surface area contributed by atoms with Crippen molar-refractivity contribution < 1.29 is 161 Å². The Morgan fingerprint density at radius 3 is 0.990 bits per heavy atom. The van der Waals surface area contributed by atoms with Crippen molar-refractivity contribution in [3.05, 3.63) is 0 Å². The molecule has 0 aromatic carbocycles. The Bertz CT molecular complexity index is 2320. The Morgan fingerprint density at radius 2 is 0.629 bits per heavy atom. The van der Waals surface area contributed by atoms with Crippen molar-refractivity contribution in [1.29, 1.82) is 0 Å². The van der Waals surface area contributed by atoms with Gasteiger partial charge < -0.3 is 151 Å². The van der Waals surface area contributed by atoms with Crippen LogP contribution in [0.5, 0.6) is 0 Å². The van der Waals surface area contributed by atoms with Gasteiger partial charge >= 0.3 is 7.82 Å². The number of carbonyl (C=O) groups is 8. The number of ether oxygens (including phenoxy) is 9. The average molecular weight is 1540 g/mol. The average Bonchev–Trinajstić information content (AvgIpc) is 0.857. The molecular weight excluding hydrogens is 1430 g/mol. The van der Waals surface area contributed by atoms with Crippen LogP contribution < -0.4 is 37.2 Å². The highest BCUT2D eigenvalue weighted by Crippen LogP contribution is 2.36. The normalized spacial score (nSPS) is 25.3. The van der Waals surface area contributed by atoms with Gasteiger partial charge in [-0.25, -0.2) is 4.57 Å². The van der Waals surface area contributed by atoms with Gasteiger partial charge in [0.25, 0.3) is 0 Å². The van der Waals surface area contributed by atoms with Crippen LogP contribution in [0, 0.1) is 0 Å². The van der Waals surface area contributed by atoms with Crippen LogP contribution in [0.1, 0.15) is 135 Å². The Labute approximate surface area is 609 Å². The molecule has 3 fully saturated rings. The van der Waals surface area contributed by atoms with Gasteiger partial charge in [-0.2, -0.15) is 0 Å². The standard InChI is InChI=1S/C64H116N7O33P/c72-35-42-52(83)55(86)58(89)61(102-42)98-28-8-14-41(75)13-3-5-23-66-48(79)19-32-95-38-64(71-51(82)16-7-15-45(76)65-22-4-1-2-6-31-101-105(92,93)94,39-96-33-20-49(80)69-26-11-24-67-46(77)17-9-29-99-62-59(90)56(87)53(84)43(36-73)103-62)40-97-34-21-50(81)70-27-12-25-68-47(78)18-10-30-100-63-60(91)57(88)54(85)44(37-74)104-63/h42-44,52-63,72-74,83-91H,1-40H2,(H,65,76)(H,66,79)(H,67,77)(H,68,78)(H,69,80)(H,70,81)(H,71,82)(H2,92,93,94)/t42?,43?,44?,52-,53-,54-,55+,56+,57+,58?,59?,60?,61-,62-,63-,64?/m1/s1. The highest BCUT2D eigenvalue weighted by Gasteiger charge is 2.46. The molecule has 3 rings (SSSR count). The van der Waals surface area contributed by atoms with E-state index in [0.717, 1.165) is 0 Å². The fourth-order valence-corrected chi connectivity index (χ4v) is 11.0. The van der Waals surface area contributed by atoms with Crippen molar-refractivity contribution in [2.45, 2.75) is 232 Å². The lowest BCUT2D eigenvalue weighted by Crippen LogP contribution is -2.59. The molecule has 7 amide bonds. The van der Waals surface area contributed by atoms with Crippen molar-refractivity contribution in [2.24, 2.45) is 0 Å². The number of phosphoric ester groups is 1. The Kier molecular flexibility index (Phi) is 48.5. The molecule has 21 N–H and O–H groups in total. The summed E-state index contributed by atoms with van der Waals surface area (Å²) in [4.78, 5) is 121. The molecule has 105 heavy (non-hydrogen) atoms. The summed E-state index contributed by atoms with van der Waals surface area (Å²) < 4.78 is 65.5. The molecule has 0 radical (unpaired) electrons. The number of rotatable bonds is 59. The monoisotopic (exact) mass is 1540 g/mol. The van der Waals surface area contributed by atoms with Crippen LogP contribution in [0.25, 0.3) is 0 Å². The third-order valence-electron chi connectivity index (χ3n) is 16.7. The number of aliphatic hydroxyl groups is 12. The molecule has 40 nitrogen and oxygen atoms in total. The zero-order valence-electron chi connectivity index (χ0n) is 59.4. The molecule has 3 heterocycles. The minimum atomic E-state index is -4.57. The predicted octanol–water partition coefficient (Wildman–Crippen LogP) is -7.09. The van der Waals surface area contributed by atoms with E-state index in [1.54, 1.807) is 0 Å². The second-order valence-electron chi connectivity index (χ2n) is 25.6. The molecule has 41 heteroatoms. The van der Waals surface area contributed by atoms with Crippen molar-refractivity contribution in [1.82, 2.24) is 37.2 Å². The summed E-state index contributed by atoms with van der Waals surface area (Å²) in [7, 11) is -4.57. The molecule has 0 bridgehead atoms. The van der Waals surface area contributed by atoms with Crippen molar-refractivity contribution in [2.75, 3.05) is 125 Å². The van der Waals surface area contributed by atoms with E-state index in [0.29, 0.717) is 57.9 Å². The Balaban J connectivity index is 1.56. The third kappa shape index (κ3) is 40.0. The quantitative estimate of drug-likeness (QED) is 0.0199. The molecular formula is C64H116N7O33P. The van der Waals surface area contributed by atoms with E-state index in [2.05, 4.69) is 41.7 Å². The van der Waals surface area contributed by atoms with Gasteiger partial charge in [0.2, 0.25) is 41.4 Å². The van der Waals surface area contributed by atoms with Crippen molar-refractivity contribution in [3.8, 4) is 0 Å². The first-order chi connectivity index (χ1) is 50.1. The first-order valence-corrected chi connectivity index (χ1v) is 37.3. The molecule has 0 aliphatic carbocycles. The second-order valence-corrected chi connectivity index (χ2v) is 26.9. The number of nitrogens with one attached hydrogen (secondary N) is 7. The zero-order valence-corrected chi connectivity index (χ0v) is 60.3. The summed E-state index contributed by atoms with van der Waals surface area (Å²) in [6.45, 7) is -2.48. The largest absolute Gasteiger partial charge is 0.469 e. The van der Waals surface area contributed by atoms with Crippen LogP contribution in [0.4, 0.5) is 0 Å². The number of ketones is 1. The molecule has 0 saturated carbocycles. The molecule has 610 valence electrons. The lowest BCUT2D eigenvalue weighted by molar-refractivity contribution is -0.301. The lowest BCUT2D eigenvalue weighted by atomic mass is 9.99. The van der Waals surface area contributed by atoms with Crippen LogP contribution in [-0.4, -0.2) is 341 Å². The number of aliphatic hydroxyl groups excluding tert-OH is 12. The highest BCUT2D eigenvalue weighted by atomic mass is 31.2. The maximum Gasteiger partial charge on any atom is 0.469 e. The summed E-state index contributed by atoms with van der Waals surface area (Å²) in [5.74, 6) is -2.94. The molecule has 3 aliphatic heterocycles. The molecule has 0 aromatic rings. The smallest absolute Gasteiger partial charge is 0.394 e. The summed E-state index contributed by atoms with van der Waals surface area (Å²) in [5, 5.41) is 138. The zero-order chi connectivity index (χ0) is 77.6. The SMILES string of the molecule is O=C(CCCCNC(=O)CCOCC(COCCC(=O)NCCCNC(=O)CCCO[C@@H]1OC(CO)[C@@H](O)[C@H](O)C1O)(COCCC(=O)NCCCNC(=O)CCCO[C@@H]1OC(CO)[C@@H](O)[C@H](O)C1O)NC(=O)CCCC(=O)NCCCCCCOP(=O)(O)O)CCCO[C@@H]1OC(CO)[C@@H](O)[C@H](O)C1O. The number of hydrogen-bond donors (Lipinski definition) is 21. The molecule has 0 aromatic heterocycles. The number of phosphoric acid groups is 1. The van der Waals surface area contributed by atoms with E-state index in [9.17, 15) is 104 Å². The van der Waals surface area contributed by atoms with Gasteiger partial charge in [-0.05, 0) is 64.2 Å². The van der Waals surface area contributed by atoms with Gasteiger partial charge in [0.05, 0.1) is 85.9 Å². The summed E-state index contributed by atoms with van der Waals surface area (Å²) in [6, 6.07) is 0. The first-order valence-electron chi connectivity index (χ1n) is 35.8. The molecule has 0 spiro atoms. The number of amides is 7. The lowest BCUT2D eigenvalue weighted by Gasteiger charge is -2.39. The minimum Gasteiger partial charge on any atom is -0.394 e. The summed E-state index contributed by atoms with van der Waals surface area (Å²) >= 11 is 0. The van der Waals surface area contributed by atoms with E-state index < -0.39 is 149 Å². The molecule has 3 aliphatic rings. The van der Waals surface area contributed by atoms with Crippen LogP contribution in [0.2, 0.25) is 0 Å². The second kappa shape index (κ2) is 53.9. The van der Waals surface area contributed by atoms with E-state index >= 15 is 0 Å². The van der Waals surface area contributed by atoms with Gasteiger partial charge in [-0.15, -0.1) is 0 Å². The van der Waals surface area contributed by atoms with Crippen molar-refractivity contribution in [3.63, 3.8) is 0 Å². The predicted molar refractivity (Wildman–Crippen MR) is 361 cm³/mol. The number of Topliss-reactive ketones (excluding diaryl/α,β-unsaturated/α-hetero) is 1. The highest BCUT2D eigenvalue weighted by molar-refractivity contribution is 7.46. The van der Waals surface area contributed by atoms with E-state index in [4.69, 9.17) is 52.4 Å². The first kappa shape index (κ1) is 94.4. The van der Waals surface area contributed by atoms with Crippen LogP contribution in [0.15, 0.2) is 0 Å². The molecule has 3 saturated heterocycles. The Hall–Kier alpha value is -4.77. The molecule has 6 unspecified atom stereocenters. The van der Waals surface area contributed by atoms with E-state index in [1.807, 2.05) is 0 Å². The van der Waals surface area contributed by atoms with E-state index in [-0.39, 0.29) is 206 Å². The van der Waals surface area contributed by atoms with Gasteiger partial charge in [-0.1, -0.05) is 12.8 Å². The summed E-state index contributed by atoms with van der Waals surface area (Å²) in [5.41, 5.74) is -1.54. The van der Waals surface area contributed by atoms with Gasteiger partial charge in [-0.3, -0.25) is 42.9 Å². The van der Waals surface area contributed by atoms with Crippen LogP contribution >= 0.6 is 7.82 Å². The van der Waals surface area contributed by atoms with Crippen molar-refractivity contribution >= 4 is 55.0 Å². The number of hydrogen-bond acceptors (Lipinski definition) is 31.